The van der Waals surface area contributed by atoms with Gasteiger partial charge in [-0.2, -0.15) is 0 Å². The van der Waals surface area contributed by atoms with Gasteiger partial charge < -0.3 is 24.1 Å². The number of nitrogens with zero attached hydrogens (tertiary/aromatic N) is 1. The predicted octanol–water partition coefficient (Wildman–Crippen LogP) is 3.72. The molecule has 29 heavy (non-hydrogen) atoms. The van der Waals surface area contributed by atoms with Gasteiger partial charge in [0.2, 0.25) is 0 Å². The number of rotatable bonds is 7. The van der Waals surface area contributed by atoms with Gasteiger partial charge in [-0.3, -0.25) is 4.79 Å². The fraction of sp³-hybridized carbons (Fsp3) is 0.348. The predicted molar refractivity (Wildman–Crippen MR) is 112 cm³/mol. The number of ether oxygens (including phenoxy) is 3. The highest BCUT2D eigenvalue weighted by Gasteiger charge is 2.26. The van der Waals surface area contributed by atoms with Crippen LogP contribution < -0.4 is 14.8 Å². The second-order valence-electron chi connectivity index (χ2n) is 7.25. The number of nitrogens with one attached hydrogen (secondary N) is 1. The van der Waals surface area contributed by atoms with Gasteiger partial charge in [0, 0.05) is 36.3 Å². The van der Waals surface area contributed by atoms with Crippen LogP contribution in [0.5, 0.6) is 11.5 Å². The minimum Gasteiger partial charge on any atom is -0.493 e. The SMILES string of the molecule is COCCn1ccc2cc(C(=O)N[C@H]3CCc4cc(OC)c(OC)cc43)ccc21. The topological polar surface area (TPSA) is 61.7 Å². The van der Waals surface area contributed by atoms with Gasteiger partial charge in [0.05, 0.1) is 26.9 Å². The third-order valence-electron chi connectivity index (χ3n) is 5.60. The van der Waals surface area contributed by atoms with Crippen LogP contribution in [0.4, 0.5) is 0 Å². The van der Waals surface area contributed by atoms with Gasteiger partial charge in [0.15, 0.2) is 11.5 Å². The van der Waals surface area contributed by atoms with Crippen molar-refractivity contribution in [3.63, 3.8) is 0 Å². The molecule has 3 aromatic rings. The van der Waals surface area contributed by atoms with Gasteiger partial charge >= 0.3 is 0 Å². The van der Waals surface area contributed by atoms with E-state index in [-0.39, 0.29) is 11.9 Å². The highest BCUT2D eigenvalue weighted by atomic mass is 16.5. The van der Waals surface area contributed by atoms with Crippen molar-refractivity contribution in [3.05, 3.63) is 59.3 Å². The number of benzene rings is 2. The zero-order valence-corrected chi connectivity index (χ0v) is 17.0. The van der Waals surface area contributed by atoms with Crippen LogP contribution in [0.3, 0.4) is 0 Å². The molecule has 0 saturated heterocycles. The molecule has 2 aromatic carbocycles. The van der Waals surface area contributed by atoms with E-state index in [2.05, 4.69) is 9.88 Å². The fourth-order valence-electron chi connectivity index (χ4n) is 4.05. The lowest BCUT2D eigenvalue weighted by Crippen LogP contribution is -2.27. The summed E-state index contributed by atoms with van der Waals surface area (Å²) in [7, 11) is 4.96. The molecule has 0 spiro atoms. The first-order valence-corrected chi connectivity index (χ1v) is 9.78. The molecule has 1 amide bonds. The van der Waals surface area contributed by atoms with Crippen molar-refractivity contribution < 1.29 is 19.0 Å². The van der Waals surface area contributed by atoms with Gasteiger partial charge in [-0.05, 0) is 60.4 Å². The highest BCUT2D eigenvalue weighted by Crippen LogP contribution is 2.39. The highest BCUT2D eigenvalue weighted by molar-refractivity contribution is 5.98. The van der Waals surface area contributed by atoms with Gasteiger partial charge in [0.1, 0.15) is 0 Å². The summed E-state index contributed by atoms with van der Waals surface area (Å²) < 4.78 is 18.1. The van der Waals surface area contributed by atoms with Crippen molar-refractivity contribution >= 4 is 16.8 Å². The molecule has 1 aliphatic rings. The second kappa shape index (κ2) is 8.17. The lowest BCUT2D eigenvalue weighted by atomic mass is 10.1. The zero-order valence-electron chi connectivity index (χ0n) is 17.0. The summed E-state index contributed by atoms with van der Waals surface area (Å²) >= 11 is 0. The Bertz CT molecular complexity index is 1040. The van der Waals surface area contributed by atoms with Crippen LogP contribution in [0, 0.1) is 0 Å². The van der Waals surface area contributed by atoms with Crippen molar-refractivity contribution in [2.75, 3.05) is 27.9 Å². The first-order valence-electron chi connectivity index (χ1n) is 9.78. The summed E-state index contributed by atoms with van der Waals surface area (Å²) in [5, 5.41) is 4.23. The number of aromatic nitrogens is 1. The lowest BCUT2D eigenvalue weighted by Gasteiger charge is -2.16. The lowest BCUT2D eigenvalue weighted by molar-refractivity contribution is 0.0937. The van der Waals surface area contributed by atoms with Crippen molar-refractivity contribution in [1.29, 1.82) is 0 Å². The number of hydrogen-bond acceptors (Lipinski definition) is 4. The normalized spacial score (nSPS) is 15.3. The maximum absolute atomic E-state index is 12.9. The number of aryl methyl sites for hydroxylation is 1. The number of fused-ring (bicyclic) bond motifs is 2. The van der Waals surface area contributed by atoms with E-state index in [1.807, 2.05) is 42.6 Å². The first-order chi connectivity index (χ1) is 14.1. The van der Waals surface area contributed by atoms with Crippen LogP contribution in [0.2, 0.25) is 0 Å². The summed E-state index contributed by atoms with van der Waals surface area (Å²) in [6, 6.07) is 11.8. The molecular weight excluding hydrogens is 368 g/mol. The average Bonchev–Trinajstić information content (AvgIpc) is 3.34. The maximum Gasteiger partial charge on any atom is 0.251 e. The number of carbonyl (C=O) groups is 1. The molecule has 0 saturated carbocycles. The summed E-state index contributed by atoms with van der Waals surface area (Å²) in [5.74, 6) is 1.34. The Hall–Kier alpha value is -2.99. The molecular formula is C23H26N2O4. The molecule has 1 heterocycles. The van der Waals surface area contributed by atoms with Gasteiger partial charge in [-0.25, -0.2) is 0 Å². The fourth-order valence-corrected chi connectivity index (χ4v) is 4.05. The monoisotopic (exact) mass is 394 g/mol. The molecule has 1 aliphatic carbocycles. The number of methoxy groups -OCH3 is 3. The molecule has 4 rings (SSSR count). The summed E-state index contributed by atoms with van der Waals surface area (Å²) in [4.78, 5) is 12.9. The quantitative estimate of drug-likeness (QED) is 0.663. The Morgan fingerprint density at radius 1 is 1.10 bits per heavy atom. The molecule has 0 unspecified atom stereocenters. The minimum atomic E-state index is -0.0656. The Morgan fingerprint density at radius 2 is 1.90 bits per heavy atom. The van der Waals surface area contributed by atoms with Crippen molar-refractivity contribution in [2.24, 2.45) is 0 Å². The smallest absolute Gasteiger partial charge is 0.251 e. The zero-order chi connectivity index (χ0) is 20.4. The summed E-state index contributed by atoms with van der Waals surface area (Å²) in [5.41, 5.74) is 4.05. The summed E-state index contributed by atoms with van der Waals surface area (Å²) in [6.45, 7) is 1.44. The third-order valence-corrected chi connectivity index (χ3v) is 5.60. The van der Waals surface area contributed by atoms with Gasteiger partial charge in [0.25, 0.3) is 5.91 Å². The second-order valence-corrected chi connectivity index (χ2v) is 7.25. The van der Waals surface area contributed by atoms with Crippen LogP contribution in [-0.2, 0) is 17.7 Å². The standard InChI is InChI=1S/C23H26N2O4/c1-27-11-10-25-9-8-16-12-17(5-7-20(16)25)23(26)24-19-6-4-15-13-21(28-2)22(29-3)14-18(15)19/h5,7-9,12-14,19H,4,6,10-11H2,1-3H3,(H,24,26)/t19-/m0/s1. The molecule has 0 fully saturated rings. The average molecular weight is 394 g/mol. The molecule has 6 nitrogen and oxygen atoms in total. The molecule has 0 bridgehead atoms. The van der Waals surface area contributed by atoms with Crippen molar-refractivity contribution in [1.82, 2.24) is 9.88 Å². The van der Waals surface area contributed by atoms with Crippen molar-refractivity contribution in [2.45, 2.75) is 25.4 Å². The number of amides is 1. The minimum absolute atomic E-state index is 0.0284. The van der Waals surface area contributed by atoms with Crippen LogP contribution in [0.15, 0.2) is 42.6 Å². The Labute approximate surface area is 170 Å². The van der Waals surface area contributed by atoms with E-state index in [9.17, 15) is 4.79 Å². The van der Waals surface area contributed by atoms with Gasteiger partial charge in [-0.15, -0.1) is 0 Å². The van der Waals surface area contributed by atoms with Crippen LogP contribution in [0.25, 0.3) is 10.9 Å². The van der Waals surface area contributed by atoms with E-state index >= 15 is 0 Å². The molecule has 1 N–H and O–H groups in total. The number of hydrogen-bond donors (Lipinski definition) is 1. The molecule has 0 radical (unpaired) electrons. The Kier molecular flexibility index (Phi) is 5.45. The van der Waals surface area contributed by atoms with E-state index in [0.717, 1.165) is 41.6 Å². The van der Waals surface area contributed by atoms with Crippen LogP contribution in [-0.4, -0.2) is 38.4 Å². The Morgan fingerprint density at radius 3 is 2.66 bits per heavy atom. The van der Waals surface area contributed by atoms with Crippen molar-refractivity contribution in [3.8, 4) is 11.5 Å². The van der Waals surface area contributed by atoms with E-state index < -0.39 is 0 Å². The van der Waals surface area contributed by atoms with Crippen LogP contribution in [0.1, 0.15) is 33.9 Å². The maximum atomic E-state index is 12.9. The largest absolute Gasteiger partial charge is 0.493 e. The molecule has 6 heteroatoms. The van der Waals surface area contributed by atoms with E-state index in [4.69, 9.17) is 14.2 Å². The van der Waals surface area contributed by atoms with Gasteiger partial charge in [-0.1, -0.05) is 0 Å². The Balaban J connectivity index is 1.53. The number of carbonyl (C=O) groups excluding carboxylic acids is 1. The molecule has 0 aliphatic heterocycles. The molecule has 1 aromatic heterocycles. The van der Waals surface area contributed by atoms with E-state index in [1.165, 1.54) is 5.56 Å². The van der Waals surface area contributed by atoms with E-state index in [1.54, 1.807) is 21.3 Å². The van der Waals surface area contributed by atoms with E-state index in [0.29, 0.717) is 17.9 Å². The molecule has 1 atom stereocenters. The summed E-state index contributed by atoms with van der Waals surface area (Å²) in [6.07, 6.45) is 3.80. The van der Waals surface area contributed by atoms with Crippen LogP contribution >= 0.6 is 0 Å². The first kappa shape index (κ1) is 19.3. The third kappa shape index (κ3) is 3.68. The molecule has 152 valence electrons.